The fourth-order valence-electron chi connectivity index (χ4n) is 1.44. The third-order valence-corrected chi connectivity index (χ3v) is 2.19. The summed E-state index contributed by atoms with van der Waals surface area (Å²) in [5, 5.41) is 17.6. The second-order valence-corrected chi connectivity index (χ2v) is 3.59. The van der Waals surface area contributed by atoms with E-state index in [0.717, 1.165) is 17.0 Å². The van der Waals surface area contributed by atoms with Crippen LogP contribution in [0.25, 0.3) is 0 Å². The molecule has 1 atom stereocenters. The number of hydrogen-bond donors (Lipinski definition) is 1. The van der Waals surface area contributed by atoms with Gasteiger partial charge >= 0.3 is 0 Å². The topological polar surface area (TPSA) is 64.1 Å². The van der Waals surface area contributed by atoms with Gasteiger partial charge in [-0.2, -0.15) is 0 Å². The molecule has 0 aliphatic heterocycles. The minimum Gasteiger partial charge on any atom is -0.469 e. The molecule has 0 radical (unpaired) electrons. The molecule has 2 rings (SSSR count). The van der Waals surface area contributed by atoms with E-state index in [-0.39, 0.29) is 0 Å². The molecule has 2 aromatic rings. The first kappa shape index (κ1) is 9.92. The average Bonchev–Trinajstić information content (AvgIpc) is 2.75. The van der Waals surface area contributed by atoms with Gasteiger partial charge in [-0.3, -0.25) is 4.68 Å². The maximum absolute atomic E-state index is 9.86. The summed E-state index contributed by atoms with van der Waals surface area (Å²) >= 11 is 0. The Balaban J connectivity index is 2.06. The molecule has 5 nitrogen and oxygen atoms in total. The van der Waals surface area contributed by atoms with E-state index < -0.39 is 6.10 Å². The number of aromatic nitrogens is 3. The molecule has 2 heterocycles. The zero-order chi connectivity index (χ0) is 10.8. The summed E-state index contributed by atoms with van der Waals surface area (Å²) in [4.78, 5) is 0. The molecule has 1 N–H and O–H groups in total. The third kappa shape index (κ3) is 2.24. The zero-order valence-electron chi connectivity index (χ0n) is 8.71. The van der Waals surface area contributed by atoms with Crippen LogP contribution in [0.15, 0.2) is 22.9 Å². The summed E-state index contributed by atoms with van der Waals surface area (Å²) in [5.41, 5.74) is 1.54. The van der Waals surface area contributed by atoms with Crippen LogP contribution in [-0.2, 0) is 13.5 Å². The van der Waals surface area contributed by atoms with Gasteiger partial charge in [0, 0.05) is 25.2 Å². The van der Waals surface area contributed by atoms with Gasteiger partial charge < -0.3 is 9.52 Å². The van der Waals surface area contributed by atoms with Gasteiger partial charge in [-0.1, -0.05) is 5.21 Å². The molecule has 0 amide bonds. The first-order valence-electron chi connectivity index (χ1n) is 4.73. The van der Waals surface area contributed by atoms with Crippen LogP contribution in [0.5, 0.6) is 0 Å². The van der Waals surface area contributed by atoms with Gasteiger partial charge in [0.25, 0.3) is 0 Å². The molecule has 80 valence electrons. The van der Waals surface area contributed by atoms with Crippen LogP contribution in [0, 0.1) is 6.92 Å². The Morgan fingerprint density at radius 2 is 2.40 bits per heavy atom. The van der Waals surface area contributed by atoms with Gasteiger partial charge in [0.15, 0.2) is 0 Å². The second-order valence-electron chi connectivity index (χ2n) is 3.59. The van der Waals surface area contributed by atoms with Gasteiger partial charge in [0.1, 0.15) is 5.76 Å². The summed E-state index contributed by atoms with van der Waals surface area (Å²) in [6, 6.07) is 1.82. The van der Waals surface area contributed by atoms with E-state index in [9.17, 15) is 5.11 Å². The number of hydrogen-bond acceptors (Lipinski definition) is 4. The van der Waals surface area contributed by atoms with Crippen LogP contribution >= 0.6 is 0 Å². The summed E-state index contributed by atoms with van der Waals surface area (Å²) in [6.07, 6.45) is 3.22. The lowest BCUT2D eigenvalue weighted by Crippen LogP contribution is -2.00. The highest BCUT2D eigenvalue weighted by Crippen LogP contribution is 2.19. The van der Waals surface area contributed by atoms with Crippen molar-refractivity contribution in [3.05, 3.63) is 35.5 Å². The standard InChI is InChI=1S/C10H13N3O2/c1-7-3-8(6-15-7)10(14)4-9-5-13(2)12-11-9/h3,5-6,10,14H,4H2,1-2H3. The molecule has 0 bridgehead atoms. The number of aliphatic hydroxyl groups is 1. The van der Waals surface area contributed by atoms with Crippen molar-refractivity contribution in [2.75, 3.05) is 0 Å². The number of aliphatic hydroxyl groups excluding tert-OH is 1. The largest absolute Gasteiger partial charge is 0.469 e. The first-order chi connectivity index (χ1) is 7.15. The van der Waals surface area contributed by atoms with E-state index in [1.807, 2.05) is 13.0 Å². The summed E-state index contributed by atoms with van der Waals surface area (Å²) in [6.45, 7) is 1.85. The van der Waals surface area contributed by atoms with Crippen molar-refractivity contribution in [2.45, 2.75) is 19.4 Å². The summed E-state index contributed by atoms with van der Waals surface area (Å²) < 4.78 is 6.74. The second kappa shape index (κ2) is 3.86. The Bertz CT molecular complexity index is 447. The van der Waals surface area contributed by atoms with Crippen molar-refractivity contribution in [3.8, 4) is 0 Å². The van der Waals surface area contributed by atoms with Crippen LogP contribution < -0.4 is 0 Å². The lowest BCUT2D eigenvalue weighted by molar-refractivity contribution is 0.176. The zero-order valence-corrected chi connectivity index (χ0v) is 8.71. The SMILES string of the molecule is Cc1cc(C(O)Cc2cn(C)nn2)co1. The quantitative estimate of drug-likeness (QED) is 0.815. The minimum absolute atomic E-state index is 0.451. The van der Waals surface area contributed by atoms with Crippen LogP contribution in [-0.4, -0.2) is 20.1 Å². The fourth-order valence-corrected chi connectivity index (χ4v) is 1.44. The number of aryl methyl sites for hydroxylation is 2. The molecule has 2 aromatic heterocycles. The van der Waals surface area contributed by atoms with E-state index in [1.165, 1.54) is 0 Å². The normalized spacial score (nSPS) is 13.0. The van der Waals surface area contributed by atoms with Gasteiger partial charge in [0.2, 0.25) is 0 Å². The highest BCUT2D eigenvalue weighted by atomic mass is 16.3. The highest BCUT2D eigenvalue weighted by molar-refractivity contribution is 5.16. The van der Waals surface area contributed by atoms with Crippen molar-refractivity contribution >= 4 is 0 Å². The Hall–Kier alpha value is -1.62. The summed E-state index contributed by atoms with van der Waals surface area (Å²) in [7, 11) is 1.80. The lowest BCUT2D eigenvalue weighted by atomic mass is 10.1. The molecule has 5 heteroatoms. The Labute approximate surface area is 87.3 Å². The van der Waals surface area contributed by atoms with E-state index >= 15 is 0 Å². The number of rotatable bonds is 3. The number of furan rings is 1. The van der Waals surface area contributed by atoms with Crippen LogP contribution in [0.3, 0.4) is 0 Å². The van der Waals surface area contributed by atoms with Gasteiger partial charge in [-0.05, 0) is 13.0 Å². The van der Waals surface area contributed by atoms with E-state index in [2.05, 4.69) is 10.3 Å². The average molecular weight is 207 g/mol. The molecule has 0 aliphatic carbocycles. The van der Waals surface area contributed by atoms with Crippen molar-refractivity contribution in [3.63, 3.8) is 0 Å². The maximum atomic E-state index is 9.86. The Kier molecular flexibility index (Phi) is 2.55. The van der Waals surface area contributed by atoms with Crippen LogP contribution in [0.2, 0.25) is 0 Å². The lowest BCUT2D eigenvalue weighted by Gasteiger charge is -2.04. The molecule has 0 saturated carbocycles. The van der Waals surface area contributed by atoms with E-state index in [4.69, 9.17) is 4.42 Å². The van der Waals surface area contributed by atoms with Crippen LogP contribution in [0.1, 0.15) is 23.1 Å². The molecule has 15 heavy (non-hydrogen) atoms. The van der Waals surface area contributed by atoms with Gasteiger partial charge in [0.05, 0.1) is 18.1 Å². The molecule has 1 unspecified atom stereocenters. The number of nitrogens with zero attached hydrogens (tertiary/aromatic N) is 3. The third-order valence-electron chi connectivity index (χ3n) is 2.19. The van der Waals surface area contributed by atoms with Crippen molar-refractivity contribution in [2.24, 2.45) is 7.05 Å². The minimum atomic E-state index is -0.584. The summed E-state index contributed by atoms with van der Waals surface area (Å²) in [5.74, 6) is 0.795. The van der Waals surface area contributed by atoms with E-state index in [1.54, 1.807) is 24.2 Å². The molecule has 0 saturated heterocycles. The maximum Gasteiger partial charge on any atom is 0.101 e. The smallest absolute Gasteiger partial charge is 0.101 e. The van der Waals surface area contributed by atoms with Crippen LogP contribution in [0.4, 0.5) is 0 Å². The van der Waals surface area contributed by atoms with Crippen molar-refractivity contribution in [1.82, 2.24) is 15.0 Å². The molecular weight excluding hydrogens is 194 g/mol. The molecule has 0 fully saturated rings. The van der Waals surface area contributed by atoms with E-state index in [0.29, 0.717) is 6.42 Å². The highest BCUT2D eigenvalue weighted by Gasteiger charge is 2.12. The molecule has 0 spiro atoms. The first-order valence-corrected chi connectivity index (χ1v) is 4.73. The van der Waals surface area contributed by atoms with Gasteiger partial charge in [-0.15, -0.1) is 5.10 Å². The monoisotopic (exact) mass is 207 g/mol. The fraction of sp³-hybridized carbons (Fsp3) is 0.400. The predicted molar refractivity (Wildman–Crippen MR) is 53.1 cm³/mol. The Morgan fingerprint density at radius 3 is 2.93 bits per heavy atom. The predicted octanol–water partition coefficient (Wildman–Crippen LogP) is 0.993. The van der Waals surface area contributed by atoms with Crippen molar-refractivity contribution in [1.29, 1.82) is 0 Å². The van der Waals surface area contributed by atoms with Gasteiger partial charge in [-0.25, -0.2) is 0 Å². The molecule has 0 aromatic carbocycles. The Morgan fingerprint density at radius 1 is 1.60 bits per heavy atom. The molecular formula is C10H13N3O2. The molecule has 0 aliphatic rings. The van der Waals surface area contributed by atoms with Crippen molar-refractivity contribution < 1.29 is 9.52 Å².